The maximum Gasteiger partial charge on any atom is 0.330 e. The van der Waals surface area contributed by atoms with Gasteiger partial charge in [0.15, 0.2) is 0 Å². The maximum atomic E-state index is 13.5. The number of halogens is 1. The van der Waals surface area contributed by atoms with Crippen LogP contribution in [-0.4, -0.2) is 66.4 Å². The topological polar surface area (TPSA) is 118 Å². The predicted octanol–water partition coefficient (Wildman–Crippen LogP) is -0.575. The summed E-state index contributed by atoms with van der Waals surface area (Å²) >= 11 is 0. The molecule has 6 rings (SSSR count). The Labute approximate surface area is 164 Å². The van der Waals surface area contributed by atoms with E-state index in [0.717, 1.165) is 36.1 Å². The Hall–Kier alpha value is -2.37. The van der Waals surface area contributed by atoms with Crippen LogP contribution in [0.5, 0.6) is 0 Å². The third-order valence-corrected chi connectivity index (χ3v) is 6.40. The normalized spacial score (nSPS) is 34.0. The number of hydrogen-bond acceptors (Lipinski definition) is 7. The van der Waals surface area contributed by atoms with Crippen LogP contribution in [0, 0.1) is 11.7 Å². The van der Waals surface area contributed by atoms with Gasteiger partial charge in [-0.05, 0) is 31.8 Å². The highest BCUT2D eigenvalue weighted by atomic mass is 19.1. The van der Waals surface area contributed by atoms with Crippen molar-refractivity contribution in [2.45, 2.75) is 50.2 Å². The third-order valence-electron chi connectivity index (χ3n) is 6.40. The first-order chi connectivity index (χ1) is 14.0. The van der Waals surface area contributed by atoms with Crippen molar-refractivity contribution in [2.24, 2.45) is 5.92 Å². The standard InChI is InChI=1S/C18H23FN6O4/c19-12-7-25(18(28)20-17(12)27)16-5-14(26)15(29-16)9-24-8-13(21-22-24)11-6-23-3-1-10(11)2-4-23/h7-8,10-11,14-16,26H,1-6,9H2,(H,20,27,28). The zero-order valence-electron chi connectivity index (χ0n) is 15.8. The summed E-state index contributed by atoms with van der Waals surface area (Å²) in [5.74, 6) is -0.0504. The van der Waals surface area contributed by atoms with Gasteiger partial charge in [0.2, 0.25) is 5.82 Å². The number of aromatic nitrogens is 5. The van der Waals surface area contributed by atoms with E-state index < -0.39 is 35.5 Å². The molecule has 0 aliphatic carbocycles. The number of nitrogens with one attached hydrogen (secondary N) is 1. The molecular weight excluding hydrogens is 383 g/mol. The minimum Gasteiger partial charge on any atom is -0.390 e. The van der Waals surface area contributed by atoms with Gasteiger partial charge in [-0.3, -0.25) is 14.3 Å². The molecule has 0 spiro atoms. The Balaban J connectivity index is 1.28. The molecule has 4 fully saturated rings. The number of rotatable bonds is 4. The molecule has 2 aromatic rings. The number of ether oxygens (including phenoxy) is 1. The van der Waals surface area contributed by atoms with Crippen molar-refractivity contribution in [2.75, 3.05) is 19.6 Å². The molecule has 0 saturated carbocycles. The van der Waals surface area contributed by atoms with E-state index in [2.05, 4.69) is 15.2 Å². The molecule has 0 radical (unpaired) electrons. The summed E-state index contributed by atoms with van der Waals surface area (Å²) in [6.07, 6.45) is 2.86. The van der Waals surface area contributed by atoms with Crippen molar-refractivity contribution in [3.05, 3.63) is 44.7 Å². The van der Waals surface area contributed by atoms with E-state index in [-0.39, 0.29) is 13.0 Å². The number of piperidine rings is 3. The minimum absolute atomic E-state index is 0.108. The number of nitrogens with zero attached hydrogens (tertiary/aromatic N) is 5. The molecule has 6 heterocycles. The van der Waals surface area contributed by atoms with E-state index in [0.29, 0.717) is 11.8 Å². The maximum absolute atomic E-state index is 13.5. The van der Waals surface area contributed by atoms with E-state index in [4.69, 9.17) is 4.74 Å². The average Bonchev–Trinajstić information content (AvgIpc) is 3.33. The zero-order chi connectivity index (χ0) is 20.1. The van der Waals surface area contributed by atoms with Crippen LogP contribution in [0.3, 0.4) is 0 Å². The monoisotopic (exact) mass is 406 g/mol. The van der Waals surface area contributed by atoms with Crippen molar-refractivity contribution < 1.29 is 14.2 Å². The van der Waals surface area contributed by atoms with Crippen LogP contribution in [-0.2, 0) is 11.3 Å². The van der Waals surface area contributed by atoms with Gasteiger partial charge < -0.3 is 14.7 Å². The van der Waals surface area contributed by atoms with E-state index >= 15 is 0 Å². The first-order valence-corrected chi connectivity index (χ1v) is 9.95. The summed E-state index contributed by atoms with van der Waals surface area (Å²) in [4.78, 5) is 27.5. The molecule has 29 heavy (non-hydrogen) atoms. The molecule has 4 saturated heterocycles. The molecule has 0 amide bonds. The van der Waals surface area contributed by atoms with Crippen LogP contribution in [0.15, 0.2) is 22.0 Å². The predicted molar refractivity (Wildman–Crippen MR) is 97.7 cm³/mol. The molecule has 11 heteroatoms. The summed E-state index contributed by atoms with van der Waals surface area (Å²) in [7, 11) is 0. The van der Waals surface area contributed by atoms with E-state index in [9.17, 15) is 19.1 Å². The molecule has 2 bridgehead atoms. The molecule has 4 aliphatic heterocycles. The third kappa shape index (κ3) is 3.43. The molecule has 10 nitrogen and oxygen atoms in total. The SMILES string of the molecule is O=c1[nH]c(=O)n(C2CC(O)C(Cn3cc(C4CN5CCC4CC5)nn3)O2)cc1F. The van der Waals surface area contributed by atoms with Gasteiger partial charge in [-0.2, -0.15) is 4.39 Å². The summed E-state index contributed by atoms with van der Waals surface area (Å²) in [6.45, 7) is 3.59. The number of aliphatic hydroxyl groups excluding tert-OH is 1. The first-order valence-electron chi connectivity index (χ1n) is 9.95. The summed E-state index contributed by atoms with van der Waals surface area (Å²) < 4.78 is 21.9. The Morgan fingerprint density at radius 3 is 2.79 bits per heavy atom. The second kappa shape index (κ2) is 7.15. The van der Waals surface area contributed by atoms with Crippen LogP contribution in [0.2, 0.25) is 0 Å². The van der Waals surface area contributed by atoms with Crippen LogP contribution in [0.1, 0.15) is 37.1 Å². The highest BCUT2D eigenvalue weighted by Crippen LogP contribution is 2.38. The molecule has 0 aromatic carbocycles. The largest absolute Gasteiger partial charge is 0.390 e. The van der Waals surface area contributed by atoms with Crippen LogP contribution in [0.25, 0.3) is 0 Å². The zero-order valence-corrected chi connectivity index (χ0v) is 15.8. The minimum atomic E-state index is -1.08. The number of aliphatic hydroxyl groups is 1. The summed E-state index contributed by atoms with van der Waals surface area (Å²) in [5.41, 5.74) is -0.897. The fourth-order valence-electron chi connectivity index (χ4n) is 4.78. The Morgan fingerprint density at radius 2 is 2.07 bits per heavy atom. The second-order valence-corrected chi connectivity index (χ2v) is 8.19. The second-order valence-electron chi connectivity index (χ2n) is 8.19. The molecule has 4 unspecified atom stereocenters. The molecule has 4 atom stereocenters. The van der Waals surface area contributed by atoms with Crippen molar-refractivity contribution >= 4 is 0 Å². The fraction of sp³-hybridized carbons (Fsp3) is 0.667. The fourth-order valence-corrected chi connectivity index (χ4v) is 4.78. The molecular formula is C18H23FN6O4. The van der Waals surface area contributed by atoms with Gasteiger partial charge in [0.25, 0.3) is 5.56 Å². The molecule has 156 valence electrons. The lowest BCUT2D eigenvalue weighted by molar-refractivity contribution is -0.0305. The highest BCUT2D eigenvalue weighted by Gasteiger charge is 2.38. The van der Waals surface area contributed by atoms with Crippen molar-refractivity contribution in [1.82, 2.24) is 29.4 Å². The number of hydrogen-bond donors (Lipinski definition) is 2. The van der Waals surface area contributed by atoms with E-state index in [1.807, 2.05) is 11.2 Å². The molecule has 2 N–H and O–H groups in total. The van der Waals surface area contributed by atoms with Gasteiger partial charge in [-0.25, -0.2) is 9.48 Å². The Kier molecular flexibility index (Phi) is 4.60. The number of fused-ring (bicyclic) bond motifs is 3. The number of H-pyrrole nitrogens is 1. The van der Waals surface area contributed by atoms with Gasteiger partial charge in [0, 0.05) is 25.1 Å². The molecule has 4 aliphatic rings. The lowest BCUT2D eigenvalue weighted by Gasteiger charge is -2.44. The Bertz CT molecular complexity index is 1010. The average molecular weight is 406 g/mol. The molecule has 2 aromatic heterocycles. The van der Waals surface area contributed by atoms with Crippen molar-refractivity contribution in [1.29, 1.82) is 0 Å². The van der Waals surface area contributed by atoms with Gasteiger partial charge in [0.1, 0.15) is 12.3 Å². The van der Waals surface area contributed by atoms with Crippen molar-refractivity contribution in [3.8, 4) is 0 Å². The summed E-state index contributed by atoms with van der Waals surface area (Å²) in [5, 5.41) is 18.9. The number of aromatic amines is 1. The smallest absolute Gasteiger partial charge is 0.330 e. The highest BCUT2D eigenvalue weighted by molar-refractivity contribution is 5.09. The Morgan fingerprint density at radius 1 is 1.28 bits per heavy atom. The van der Waals surface area contributed by atoms with Crippen LogP contribution in [0.4, 0.5) is 4.39 Å². The lowest BCUT2D eigenvalue weighted by Crippen LogP contribution is -2.46. The van der Waals surface area contributed by atoms with E-state index in [1.165, 1.54) is 12.8 Å². The van der Waals surface area contributed by atoms with Crippen LogP contribution < -0.4 is 11.2 Å². The van der Waals surface area contributed by atoms with Gasteiger partial charge >= 0.3 is 5.69 Å². The lowest BCUT2D eigenvalue weighted by atomic mass is 9.78. The van der Waals surface area contributed by atoms with E-state index in [1.54, 1.807) is 4.68 Å². The quantitative estimate of drug-likeness (QED) is 0.698. The van der Waals surface area contributed by atoms with Gasteiger partial charge in [-0.15, -0.1) is 5.10 Å². The van der Waals surface area contributed by atoms with Gasteiger partial charge in [-0.1, -0.05) is 5.21 Å². The van der Waals surface area contributed by atoms with Crippen LogP contribution >= 0.6 is 0 Å². The summed E-state index contributed by atoms with van der Waals surface area (Å²) in [6, 6.07) is 0. The van der Waals surface area contributed by atoms with Gasteiger partial charge in [0.05, 0.1) is 24.5 Å². The first kappa shape index (κ1) is 18.6. The van der Waals surface area contributed by atoms with Crippen molar-refractivity contribution in [3.63, 3.8) is 0 Å².